The lowest BCUT2D eigenvalue weighted by molar-refractivity contribution is -0.115. The number of hydrazine groups is 1. The van der Waals surface area contributed by atoms with E-state index in [1.54, 1.807) is 12.1 Å². The number of ketones is 1. The first-order chi connectivity index (χ1) is 15.6. The lowest BCUT2D eigenvalue weighted by Crippen LogP contribution is -2.38. The maximum atomic E-state index is 13.4. The zero-order valence-electron chi connectivity index (χ0n) is 17.4. The molecule has 1 aliphatic heterocycles. The zero-order chi connectivity index (χ0) is 23.8. The predicted molar refractivity (Wildman–Crippen MR) is 118 cm³/mol. The number of amides is 1. The van der Waals surface area contributed by atoms with Gasteiger partial charge in [0.15, 0.2) is 17.4 Å². The highest BCUT2D eigenvalue weighted by Gasteiger charge is 2.31. The van der Waals surface area contributed by atoms with Gasteiger partial charge in [-0.1, -0.05) is 24.3 Å². The SMILES string of the molecule is CC(=O)c1cccc(S(=O)(=O)N2NCc3ccc(NC(=O)Cc4ccc(F)c(F)c4)cc32)c1. The van der Waals surface area contributed by atoms with Gasteiger partial charge in [-0.15, -0.1) is 0 Å². The van der Waals surface area contributed by atoms with Crippen LogP contribution < -0.4 is 15.2 Å². The normalized spacial score (nSPS) is 13.0. The van der Waals surface area contributed by atoms with E-state index in [1.807, 2.05) is 0 Å². The number of nitrogens with one attached hydrogen (secondary N) is 2. The Morgan fingerprint density at radius 2 is 1.82 bits per heavy atom. The minimum Gasteiger partial charge on any atom is -0.326 e. The number of anilines is 2. The van der Waals surface area contributed by atoms with Crippen LogP contribution >= 0.6 is 0 Å². The molecule has 0 saturated heterocycles. The summed E-state index contributed by atoms with van der Waals surface area (Å²) in [4.78, 5) is 24.0. The Hall–Kier alpha value is -3.63. The third-order valence-electron chi connectivity index (χ3n) is 5.13. The highest BCUT2D eigenvalue weighted by atomic mass is 32.2. The Kier molecular flexibility index (Phi) is 5.96. The second kappa shape index (κ2) is 8.72. The third-order valence-corrected chi connectivity index (χ3v) is 6.78. The molecule has 0 bridgehead atoms. The average Bonchev–Trinajstić information content (AvgIpc) is 3.20. The van der Waals surface area contributed by atoms with E-state index in [4.69, 9.17) is 0 Å². The number of hydrogen-bond donors (Lipinski definition) is 2. The second-order valence-corrected chi connectivity index (χ2v) is 9.29. The second-order valence-electron chi connectivity index (χ2n) is 7.51. The highest BCUT2D eigenvalue weighted by Crippen LogP contribution is 2.33. The number of carbonyl (C=O) groups excluding carboxylic acids is 2. The summed E-state index contributed by atoms with van der Waals surface area (Å²) in [5.74, 6) is -2.78. The molecule has 0 aliphatic carbocycles. The molecule has 0 fully saturated rings. The van der Waals surface area contributed by atoms with Crippen molar-refractivity contribution in [2.24, 2.45) is 0 Å². The molecule has 4 rings (SSSR count). The molecule has 0 spiro atoms. The molecule has 33 heavy (non-hydrogen) atoms. The minimum absolute atomic E-state index is 0.0525. The van der Waals surface area contributed by atoms with E-state index in [-0.39, 0.29) is 29.2 Å². The molecule has 1 amide bonds. The molecule has 10 heteroatoms. The summed E-state index contributed by atoms with van der Waals surface area (Å²) in [5.41, 5.74) is 4.74. The number of benzene rings is 3. The largest absolute Gasteiger partial charge is 0.326 e. The number of hydrogen-bond acceptors (Lipinski definition) is 5. The van der Waals surface area contributed by atoms with E-state index in [0.29, 0.717) is 22.5 Å². The Morgan fingerprint density at radius 1 is 1.03 bits per heavy atom. The third kappa shape index (κ3) is 4.62. The summed E-state index contributed by atoms with van der Waals surface area (Å²) < 4.78 is 53.9. The summed E-state index contributed by atoms with van der Waals surface area (Å²) in [6, 6.07) is 13.8. The molecule has 1 aliphatic rings. The van der Waals surface area contributed by atoms with Crippen molar-refractivity contribution in [1.82, 2.24) is 5.43 Å². The van der Waals surface area contributed by atoms with Gasteiger partial charge in [-0.3, -0.25) is 9.59 Å². The standard InChI is InChI=1S/C23H19F2N3O4S/c1-14(29)16-3-2-4-19(11-16)33(31,32)28-22-12-18(7-6-17(22)13-26-28)27-23(30)10-15-5-8-20(24)21(25)9-15/h2-9,11-12,26H,10,13H2,1H3,(H,27,30). The van der Waals surface area contributed by atoms with Crippen LogP contribution in [-0.4, -0.2) is 20.1 Å². The molecular weight excluding hydrogens is 452 g/mol. The number of Topliss-reactive ketones (excluding diaryl/α,β-unsaturated/α-hetero) is 1. The van der Waals surface area contributed by atoms with Crippen LogP contribution in [0.2, 0.25) is 0 Å². The van der Waals surface area contributed by atoms with E-state index >= 15 is 0 Å². The van der Waals surface area contributed by atoms with Crippen LogP contribution in [0.15, 0.2) is 65.6 Å². The van der Waals surface area contributed by atoms with Crippen molar-refractivity contribution in [3.05, 3.63) is 89.0 Å². The van der Waals surface area contributed by atoms with Gasteiger partial charge in [0.1, 0.15) is 0 Å². The quantitative estimate of drug-likeness (QED) is 0.536. The van der Waals surface area contributed by atoms with Gasteiger partial charge < -0.3 is 5.32 Å². The number of carbonyl (C=O) groups is 2. The molecule has 3 aromatic rings. The maximum absolute atomic E-state index is 13.4. The first-order valence-electron chi connectivity index (χ1n) is 9.92. The predicted octanol–water partition coefficient (Wildman–Crippen LogP) is 3.56. The van der Waals surface area contributed by atoms with E-state index in [0.717, 1.165) is 16.5 Å². The molecule has 7 nitrogen and oxygen atoms in total. The van der Waals surface area contributed by atoms with Crippen molar-refractivity contribution in [1.29, 1.82) is 0 Å². The summed E-state index contributed by atoms with van der Waals surface area (Å²) >= 11 is 0. The maximum Gasteiger partial charge on any atom is 0.277 e. The smallest absolute Gasteiger partial charge is 0.277 e. The molecule has 0 radical (unpaired) electrons. The van der Waals surface area contributed by atoms with Gasteiger partial charge in [0, 0.05) is 17.8 Å². The molecule has 170 valence electrons. The monoisotopic (exact) mass is 471 g/mol. The fraction of sp³-hybridized carbons (Fsp3) is 0.130. The lowest BCUT2D eigenvalue weighted by Gasteiger charge is -2.20. The number of fused-ring (bicyclic) bond motifs is 1. The van der Waals surface area contributed by atoms with Crippen LogP contribution in [0, 0.1) is 11.6 Å². The molecular formula is C23H19F2N3O4S. The minimum atomic E-state index is -4.03. The van der Waals surface area contributed by atoms with Gasteiger partial charge in [0.2, 0.25) is 5.91 Å². The Balaban J connectivity index is 1.56. The van der Waals surface area contributed by atoms with Crippen LogP contribution in [0.5, 0.6) is 0 Å². The van der Waals surface area contributed by atoms with Gasteiger partial charge in [0.05, 0.1) is 17.0 Å². The summed E-state index contributed by atoms with van der Waals surface area (Å²) in [6.07, 6.45) is -0.188. The topological polar surface area (TPSA) is 95.6 Å². The van der Waals surface area contributed by atoms with Crippen LogP contribution in [0.1, 0.15) is 28.4 Å². The van der Waals surface area contributed by atoms with Crippen molar-refractivity contribution < 1.29 is 26.8 Å². The molecule has 0 aromatic heterocycles. The first-order valence-corrected chi connectivity index (χ1v) is 11.4. The number of nitrogens with zero attached hydrogens (tertiary/aromatic N) is 1. The van der Waals surface area contributed by atoms with Gasteiger partial charge >= 0.3 is 0 Å². The van der Waals surface area contributed by atoms with E-state index in [1.165, 1.54) is 43.3 Å². The van der Waals surface area contributed by atoms with E-state index < -0.39 is 27.6 Å². The molecule has 0 atom stereocenters. The fourth-order valence-corrected chi connectivity index (χ4v) is 4.86. The van der Waals surface area contributed by atoms with Crippen molar-refractivity contribution >= 4 is 33.1 Å². The van der Waals surface area contributed by atoms with Crippen LogP contribution in [0.25, 0.3) is 0 Å². The summed E-state index contributed by atoms with van der Waals surface area (Å²) in [7, 11) is -4.03. The van der Waals surface area contributed by atoms with Crippen LogP contribution in [0.4, 0.5) is 20.2 Å². The number of sulfonamides is 1. The van der Waals surface area contributed by atoms with E-state index in [2.05, 4.69) is 10.7 Å². The van der Waals surface area contributed by atoms with Crippen molar-refractivity contribution in [3.8, 4) is 0 Å². The van der Waals surface area contributed by atoms with Crippen molar-refractivity contribution in [2.45, 2.75) is 24.8 Å². The molecule has 0 unspecified atom stereocenters. The van der Waals surface area contributed by atoms with E-state index in [9.17, 15) is 26.8 Å². The summed E-state index contributed by atoms with van der Waals surface area (Å²) in [6.45, 7) is 1.61. The Bertz CT molecular complexity index is 1380. The van der Waals surface area contributed by atoms with Gasteiger partial charge in [-0.2, -0.15) is 12.8 Å². The molecule has 0 saturated carbocycles. The number of rotatable bonds is 6. The molecule has 2 N–H and O–H groups in total. The Morgan fingerprint density at radius 3 is 2.55 bits per heavy atom. The zero-order valence-corrected chi connectivity index (χ0v) is 18.2. The van der Waals surface area contributed by atoms with Gasteiger partial charge in [-0.05, 0) is 54.4 Å². The Labute approximate surface area is 189 Å². The summed E-state index contributed by atoms with van der Waals surface area (Å²) in [5, 5.41) is 2.64. The van der Waals surface area contributed by atoms with Gasteiger partial charge in [-0.25, -0.2) is 14.2 Å². The van der Waals surface area contributed by atoms with Crippen molar-refractivity contribution in [2.75, 3.05) is 9.73 Å². The number of halogens is 2. The highest BCUT2D eigenvalue weighted by molar-refractivity contribution is 7.92. The molecule has 1 heterocycles. The van der Waals surface area contributed by atoms with Crippen LogP contribution in [0.3, 0.4) is 0 Å². The fourth-order valence-electron chi connectivity index (χ4n) is 3.46. The first kappa shape index (κ1) is 22.6. The van der Waals surface area contributed by atoms with Gasteiger partial charge in [0.25, 0.3) is 10.0 Å². The average molecular weight is 471 g/mol. The lowest BCUT2D eigenvalue weighted by atomic mass is 10.1. The van der Waals surface area contributed by atoms with Crippen LogP contribution in [-0.2, 0) is 27.8 Å². The van der Waals surface area contributed by atoms with Crippen molar-refractivity contribution in [3.63, 3.8) is 0 Å². The molecule has 3 aromatic carbocycles.